The second kappa shape index (κ2) is 7.59. The number of ether oxygens (including phenoxy) is 1. The van der Waals surface area contributed by atoms with Gasteiger partial charge in [0.25, 0.3) is 0 Å². The molecule has 0 unspecified atom stereocenters. The summed E-state index contributed by atoms with van der Waals surface area (Å²) in [5, 5.41) is 3.28. The Morgan fingerprint density at radius 2 is 2.10 bits per heavy atom. The Morgan fingerprint density at radius 1 is 1.35 bits per heavy atom. The fraction of sp³-hybridized carbons (Fsp3) is 0.857. The molecule has 114 valence electrons. The van der Waals surface area contributed by atoms with Gasteiger partial charge in [-0.2, -0.15) is 0 Å². The van der Waals surface area contributed by atoms with Crippen molar-refractivity contribution in [2.45, 2.75) is 31.8 Å². The highest BCUT2D eigenvalue weighted by Gasteiger charge is 2.22. The molecular formula is C14H25N3O3. The van der Waals surface area contributed by atoms with E-state index in [1.165, 1.54) is 0 Å². The number of nitrogens with zero attached hydrogens (tertiary/aromatic N) is 2. The Labute approximate surface area is 120 Å². The van der Waals surface area contributed by atoms with Crippen molar-refractivity contribution >= 4 is 11.8 Å². The Balaban J connectivity index is 1.69. The van der Waals surface area contributed by atoms with E-state index >= 15 is 0 Å². The maximum Gasteiger partial charge on any atom is 0.241 e. The zero-order chi connectivity index (χ0) is 14.4. The molecule has 2 aliphatic heterocycles. The number of nitrogens with one attached hydrogen (secondary N) is 1. The van der Waals surface area contributed by atoms with Gasteiger partial charge < -0.3 is 19.9 Å². The van der Waals surface area contributed by atoms with Crippen molar-refractivity contribution in [2.75, 3.05) is 46.4 Å². The third-order valence-corrected chi connectivity index (χ3v) is 3.98. The van der Waals surface area contributed by atoms with Crippen LogP contribution in [0.25, 0.3) is 0 Å². The Kier molecular flexibility index (Phi) is 5.79. The molecule has 2 fully saturated rings. The fourth-order valence-electron chi connectivity index (χ4n) is 2.63. The van der Waals surface area contributed by atoms with E-state index in [0.717, 1.165) is 38.9 Å². The fourth-order valence-corrected chi connectivity index (χ4v) is 2.63. The summed E-state index contributed by atoms with van der Waals surface area (Å²) >= 11 is 0. The normalized spacial score (nSPS) is 21.9. The average molecular weight is 283 g/mol. The molecule has 1 N–H and O–H groups in total. The van der Waals surface area contributed by atoms with E-state index < -0.39 is 0 Å². The molecule has 0 bridgehead atoms. The minimum absolute atomic E-state index is 0.0233. The lowest BCUT2D eigenvalue weighted by molar-refractivity contribution is -0.139. The molecule has 0 aromatic carbocycles. The highest BCUT2D eigenvalue weighted by molar-refractivity contribution is 5.85. The number of likely N-dealkylation sites (N-methyl/N-ethyl adjacent to an activating group) is 1. The van der Waals surface area contributed by atoms with Gasteiger partial charge in [0.1, 0.15) is 0 Å². The van der Waals surface area contributed by atoms with Crippen molar-refractivity contribution < 1.29 is 14.3 Å². The summed E-state index contributed by atoms with van der Waals surface area (Å²) in [6.45, 7) is 4.06. The SMILES string of the molecule is CN1CCCN(C(=O)CCOC2CCNCC2)CC1=O. The summed E-state index contributed by atoms with van der Waals surface area (Å²) in [6, 6.07) is 0. The molecule has 2 heterocycles. The summed E-state index contributed by atoms with van der Waals surface area (Å²) in [4.78, 5) is 27.2. The molecule has 0 aromatic heterocycles. The lowest BCUT2D eigenvalue weighted by Crippen LogP contribution is -2.38. The van der Waals surface area contributed by atoms with Gasteiger partial charge in [-0.05, 0) is 32.4 Å². The standard InChI is InChI=1S/C14H25N3O3/c1-16-8-2-9-17(11-14(16)19)13(18)5-10-20-12-3-6-15-7-4-12/h12,15H,2-11H2,1H3. The van der Waals surface area contributed by atoms with Gasteiger partial charge in [-0.1, -0.05) is 0 Å². The van der Waals surface area contributed by atoms with Gasteiger partial charge in [0.15, 0.2) is 0 Å². The van der Waals surface area contributed by atoms with E-state index in [1.54, 1.807) is 16.8 Å². The Hall–Kier alpha value is -1.14. The van der Waals surface area contributed by atoms with E-state index in [0.29, 0.717) is 19.6 Å². The molecule has 20 heavy (non-hydrogen) atoms. The lowest BCUT2D eigenvalue weighted by atomic mass is 10.1. The van der Waals surface area contributed by atoms with Crippen molar-refractivity contribution in [3.8, 4) is 0 Å². The number of hydrogen-bond acceptors (Lipinski definition) is 4. The van der Waals surface area contributed by atoms with Gasteiger partial charge in [-0.25, -0.2) is 0 Å². The maximum atomic E-state index is 12.1. The molecule has 0 aliphatic carbocycles. The van der Waals surface area contributed by atoms with Crippen LogP contribution in [0.4, 0.5) is 0 Å². The number of piperidine rings is 1. The van der Waals surface area contributed by atoms with Gasteiger partial charge in [0.05, 0.1) is 25.7 Å². The molecule has 2 aliphatic rings. The van der Waals surface area contributed by atoms with Gasteiger partial charge in [-0.15, -0.1) is 0 Å². The summed E-state index contributed by atoms with van der Waals surface area (Å²) < 4.78 is 5.74. The van der Waals surface area contributed by atoms with Gasteiger partial charge in [-0.3, -0.25) is 9.59 Å². The monoisotopic (exact) mass is 283 g/mol. The first kappa shape index (κ1) is 15.3. The molecule has 2 saturated heterocycles. The maximum absolute atomic E-state index is 12.1. The van der Waals surface area contributed by atoms with Gasteiger partial charge >= 0.3 is 0 Å². The van der Waals surface area contributed by atoms with E-state index in [2.05, 4.69) is 5.32 Å². The van der Waals surface area contributed by atoms with Crippen molar-refractivity contribution in [1.29, 1.82) is 0 Å². The summed E-state index contributed by atoms with van der Waals surface area (Å²) in [5.41, 5.74) is 0. The van der Waals surface area contributed by atoms with E-state index in [-0.39, 0.29) is 24.5 Å². The highest BCUT2D eigenvalue weighted by Crippen LogP contribution is 2.09. The first-order valence-electron chi connectivity index (χ1n) is 7.51. The predicted molar refractivity (Wildman–Crippen MR) is 75.3 cm³/mol. The van der Waals surface area contributed by atoms with Crippen LogP contribution in [0, 0.1) is 0 Å². The molecule has 6 heteroatoms. The molecule has 2 amide bonds. The predicted octanol–water partition coefficient (Wildman–Crippen LogP) is -0.164. The van der Waals surface area contributed by atoms with Gasteiger partial charge in [0, 0.05) is 20.1 Å². The average Bonchev–Trinajstić information content (AvgIpc) is 2.62. The minimum atomic E-state index is 0.0233. The van der Waals surface area contributed by atoms with Crippen molar-refractivity contribution in [3.63, 3.8) is 0 Å². The summed E-state index contributed by atoms with van der Waals surface area (Å²) in [6.07, 6.45) is 3.54. The largest absolute Gasteiger partial charge is 0.378 e. The number of carbonyl (C=O) groups excluding carboxylic acids is 2. The third kappa shape index (κ3) is 4.45. The first-order valence-corrected chi connectivity index (χ1v) is 7.51. The van der Waals surface area contributed by atoms with E-state index in [9.17, 15) is 9.59 Å². The zero-order valence-electron chi connectivity index (χ0n) is 12.3. The third-order valence-electron chi connectivity index (χ3n) is 3.98. The molecule has 0 radical (unpaired) electrons. The molecule has 6 nitrogen and oxygen atoms in total. The minimum Gasteiger partial charge on any atom is -0.378 e. The number of hydrogen-bond donors (Lipinski definition) is 1. The Bertz CT molecular complexity index is 343. The first-order chi connectivity index (χ1) is 9.66. The van der Waals surface area contributed by atoms with Gasteiger partial charge in [0.2, 0.25) is 11.8 Å². The Morgan fingerprint density at radius 3 is 2.85 bits per heavy atom. The lowest BCUT2D eigenvalue weighted by Gasteiger charge is -2.24. The van der Waals surface area contributed by atoms with Crippen LogP contribution < -0.4 is 5.32 Å². The summed E-state index contributed by atoms with van der Waals surface area (Å²) in [7, 11) is 1.79. The second-order valence-electron chi connectivity index (χ2n) is 5.55. The second-order valence-corrected chi connectivity index (χ2v) is 5.55. The highest BCUT2D eigenvalue weighted by atomic mass is 16.5. The van der Waals surface area contributed by atoms with Crippen molar-refractivity contribution in [2.24, 2.45) is 0 Å². The summed E-state index contributed by atoms with van der Waals surface area (Å²) in [5.74, 6) is 0.0534. The number of rotatable bonds is 4. The van der Waals surface area contributed by atoms with Crippen LogP contribution in [-0.2, 0) is 14.3 Å². The van der Waals surface area contributed by atoms with Crippen LogP contribution in [0.1, 0.15) is 25.7 Å². The van der Waals surface area contributed by atoms with Crippen LogP contribution in [0.2, 0.25) is 0 Å². The van der Waals surface area contributed by atoms with Crippen LogP contribution in [0.15, 0.2) is 0 Å². The molecule has 0 saturated carbocycles. The molecule has 2 rings (SSSR count). The molecule has 0 atom stereocenters. The van der Waals surface area contributed by atoms with Crippen LogP contribution in [-0.4, -0.2) is 74.1 Å². The topological polar surface area (TPSA) is 61.9 Å². The number of carbonyl (C=O) groups is 2. The number of amides is 2. The quantitative estimate of drug-likeness (QED) is 0.778. The van der Waals surface area contributed by atoms with E-state index in [4.69, 9.17) is 4.74 Å². The molecular weight excluding hydrogens is 258 g/mol. The van der Waals surface area contributed by atoms with Crippen molar-refractivity contribution in [1.82, 2.24) is 15.1 Å². The van der Waals surface area contributed by atoms with E-state index in [1.807, 2.05) is 0 Å². The smallest absolute Gasteiger partial charge is 0.241 e. The molecule has 0 aromatic rings. The zero-order valence-corrected chi connectivity index (χ0v) is 12.3. The van der Waals surface area contributed by atoms with Crippen LogP contribution in [0.3, 0.4) is 0 Å². The van der Waals surface area contributed by atoms with Crippen molar-refractivity contribution in [3.05, 3.63) is 0 Å². The van der Waals surface area contributed by atoms with Crippen LogP contribution in [0.5, 0.6) is 0 Å². The molecule has 0 spiro atoms. The van der Waals surface area contributed by atoms with Crippen LogP contribution >= 0.6 is 0 Å².